The van der Waals surface area contributed by atoms with Gasteiger partial charge in [0.25, 0.3) is 0 Å². The smallest absolute Gasteiger partial charge is 0.121 e. The quantitative estimate of drug-likeness (QED) is 0.860. The van der Waals surface area contributed by atoms with Crippen LogP contribution in [-0.4, -0.2) is 22.1 Å². The largest absolute Gasteiger partial charge is 0.507 e. The predicted octanol–water partition coefficient (Wildman–Crippen LogP) is 3.77. The van der Waals surface area contributed by atoms with E-state index in [1.165, 1.54) is 24.8 Å². The third kappa shape index (κ3) is 2.69. The van der Waals surface area contributed by atoms with Crippen LogP contribution in [0.25, 0.3) is 0 Å². The van der Waals surface area contributed by atoms with Gasteiger partial charge in [0.1, 0.15) is 5.75 Å². The first-order valence-electron chi connectivity index (χ1n) is 7.04. The maximum Gasteiger partial charge on any atom is 0.121 e. The summed E-state index contributed by atoms with van der Waals surface area (Å²) in [6.45, 7) is 9.62. The second kappa shape index (κ2) is 5.31. The molecule has 2 heteroatoms. The fourth-order valence-electron chi connectivity index (χ4n) is 3.13. The van der Waals surface area contributed by atoms with Crippen molar-refractivity contribution in [3.8, 4) is 5.75 Å². The van der Waals surface area contributed by atoms with E-state index in [-0.39, 0.29) is 0 Å². The first-order chi connectivity index (χ1) is 8.49. The van der Waals surface area contributed by atoms with Crippen molar-refractivity contribution in [3.05, 3.63) is 28.8 Å². The van der Waals surface area contributed by atoms with E-state index >= 15 is 0 Å². The van der Waals surface area contributed by atoms with E-state index in [1.807, 2.05) is 13.8 Å². The minimum Gasteiger partial charge on any atom is -0.507 e. The lowest BCUT2D eigenvalue weighted by Gasteiger charge is -2.39. The van der Waals surface area contributed by atoms with Crippen LogP contribution < -0.4 is 0 Å². The van der Waals surface area contributed by atoms with Gasteiger partial charge < -0.3 is 5.11 Å². The molecular formula is C16H25NO. The summed E-state index contributed by atoms with van der Waals surface area (Å²) < 4.78 is 0. The summed E-state index contributed by atoms with van der Waals surface area (Å²) >= 11 is 0. The molecule has 1 saturated heterocycles. The summed E-state index contributed by atoms with van der Waals surface area (Å²) in [5.41, 5.74) is 3.30. The summed E-state index contributed by atoms with van der Waals surface area (Å²) in [7, 11) is 0. The van der Waals surface area contributed by atoms with E-state index in [0.29, 0.717) is 17.8 Å². The van der Waals surface area contributed by atoms with Gasteiger partial charge in [-0.1, -0.05) is 18.6 Å². The van der Waals surface area contributed by atoms with Crippen molar-refractivity contribution < 1.29 is 5.11 Å². The number of aryl methyl sites for hydroxylation is 2. The van der Waals surface area contributed by atoms with Crippen molar-refractivity contribution >= 4 is 0 Å². The van der Waals surface area contributed by atoms with Gasteiger partial charge in [-0.25, -0.2) is 0 Å². The van der Waals surface area contributed by atoms with Crippen molar-refractivity contribution in [2.24, 2.45) is 0 Å². The molecule has 1 aromatic carbocycles. The fourth-order valence-corrected chi connectivity index (χ4v) is 3.13. The van der Waals surface area contributed by atoms with Crippen molar-refractivity contribution in [3.63, 3.8) is 0 Å². The molecular weight excluding hydrogens is 222 g/mol. The number of benzene rings is 1. The van der Waals surface area contributed by atoms with Crippen LogP contribution in [0.4, 0.5) is 0 Å². The molecule has 2 rings (SSSR count). The number of hydrogen-bond acceptors (Lipinski definition) is 2. The normalized spacial score (nSPS) is 25.3. The van der Waals surface area contributed by atoms with Crippen LogP contribution in [0.3, 0.4) is 0 Å². The zero-order chi connectivity index (χ0) is 13.3. The number of likely N-dealkylation sites (tertiary alicyclic amines) is 1. The van der Waals surface area contributed by atoms with Crippen LogP contribution in [0, 0.1) is 13.8 Å². The number of piperidine rings is 1. The summed E-state index contributed by atoms with van der Waals surface area (Å²) in [5, 5.41) is 9.83. The molecule has 0 aromatic heterocycles. The second-order valence-corrected chi connectivity index (χ2v) is 5.88. The number of phenols is 1. The molecule has 1 heterocycles. The molecule has 18 heavy (non-hydrogen) atoms. The van der Waals surface area contributed by atoms with Crippen molar-refractivity contribution in [1.82, 2.24) is 4.90 Å². The minimum absolute atomic E-state index is 0.443. The van der Waals surface area contributed by atoms with Crippen LogP contribution in [0.15, 0.2) is 12.1 Å². The average molecular weight is 247 g/mol. The van der Waals surface area contributed by atoms with Gasteiger partial charge in [0.2, 0.25) is 0 Å². The Hall–Kier alpha value is -1.02. The molecule has 2 atom stereocenters. The maximum absolute atomic E-state index is 9.83. The van der Waals surface area contributed by atoms with Gasteiger partial charge in [0.15, 0.2) is 0 Å². The van der Waals surface area contributed by atoms with Gasteiger partial charge in [0.05, 0.1) is 0 Å². The molecule has 0 unspecified atom stereocenters. The fraction of sp³-hybridized carbons (Fsp3) is 0.625. The van der Waals surface area contributed by atoms with Crippen LogP contribution in [-0.2, 0) is 6.54 Å². The molecule has 0 bridgehead atoms. The van der Waals surface area contributed by atoms with Crippen LogP contribution in [0.5, 0.6) is 5.75 Å². The summed E-state index contributed by atoms with van der Waals surface area (Å²) in [6, 6.07) is 5.58. The third-order valence-electron chi connectivity index (χ3n) is 4.29. The highest BCUT2D eigenvalue weighted by Crippen LogP contribution is 2.27. The number of aromatic hydroxyl groups is 1. The predicted molar refractivity (Wildman–Crippen MR) is 75.9 cm³/mol. The zero-order valence-electron chi connectivity index (χ0n) is 12.0. The molecule has 1 fully saturated rings. The van der Waals surface area contributed by atoms with E-state index in [1.54, 1.807) is 0 Å². The average Bonchev–Trinajstić information content (AvgIpc) is 2.31. The van der Waals surface area contributed by atoms with Gasteiger partial charge in [-0.2, -0.15) is 0 Å². The van der Waals surface area contributed by atoms with Crippen LogP contribution >= 0.6 is 0 Å². The molecule has 2 nitrogen and oxygen atoms in total. The Kier molecular flexibility index (Phi) is 3.96. The highest BCUT2D eigenvalue weighted by Gasteiger charge is 2.24. The van der Waals surface area contributed by atoms with E-state index < -0.39 is 0 Å². The number of rotatable bonds is 2. The van der Waals surface area contributed by atoms with Gasteiger partial charge in [-0.05, 0) is 57.2 Å². The van der Waals surface area contributed by atoms with Gasteiger partial charge in [-0.3, -0.25) is 4.90 Å². The highest BCUT2D eigenvalue weighted by atomic mass is 16.3. The lowest BCUT2D eigenvalue weighted by atomic mass is 9.96. The Morgan fingerprint density at radius 1 is 1.11 bits per heavy atom. The molecule has 1 aromatic rings. The molecule has 1 N–H and O–H groups in total. The van der Waals surface area contributed by atoms with Crippen molar-refractivity contribution in [2.75, 3.05) is 0 Å². The van der Waals surface area contributed by atoms with Gasteiger partial charge >= 0.3 is 0 Å². The van der Waals surface area contributed by atoms with E-state index in [2.05, 4.69) is 30.9 Å². The summed E-state index contributed by atoms with van der Waals surface area (Å²) in [6.07, 6.45) is 3.97. The van der Waals surface area contributed by atoms with Crippen LogP contribution in [0.2, 0.25) is 0 Å². The topological polar surface area (TPSA) is 23.5 Å². The van der Waals surface area contributed by atoms with Crippen molar-refractivity contribution in [2.45, 2.75) is 65.6 Å². The van der Waals surface area contributed by atoms with E-state index in [9.17, 15) is 5.11 Å². The molecule has 0 aliphatic carbocycles. The molecule has 0 radical (unpaired) electrons. The monoisotopic (exact) mass is 247 g/mol. The maximum atomic E-state index is 9.83. The molecule has 0 amide bonds. The van der Waals surface area contributed by atoms with Crippen LogP contribution in [0.1, 0.15) is 49.8 Å². The lowest BCUT2D eigenvalue weighted by molar-refractivity contribution is 0.0952. The number of phenolic OH excluding ortho intramolecular Hbond substituents is 1. The van der Waals surface area contributed by atoms with Crippen molar-refractivity contribution in [1.29, 1.82) is 0 Å². The molecule has 0 saturated carbocycles. The molecule has 1 aliphatic heterocycles. The first kappa shape index (κ1) is 13.4. The number of hydrogen-bond donors (Lipinski definition) is 1. The van der Waals surface area contributed by atoms with Gasteiger partial charge in [0, 0.05) is 18.6 Å². The first-order valence-corrected chi connectivity index (χ1v) is 7.04. The second-order valence-electron chi connectivity index (χ2n) is 5.88. The van der Waals surface area contributed by atoms with E-state index in [0.717, 1.165) is 17.7 Å². The summed E-state index contributed by atoms with van der Waals surface area (Å²) in [5.74, 6) is 0.443. The SMILES string of the molecule is Cc1cc(CN2[C@H](C)CCC[C@@H]2C)cc(C)c1O. The molecule has 1 aliphatic rings. The highest BCUT2D eigenvalue weighted by molar-refractivity contribution is 5.42. The Morgan fingerprint density at radius 3 is 2.11 bits per heavy atom. The number of nitrogens with zero attached hydrogens (tertiary/aromatic N) is 1. The van der Waals surface area contributed by atoms with E-state index in [4.69, 9.17) is 0 Å². The Morgan fingerprint density at radius 2 is 1.61 bits per heavy atom. The standard InChI is InChI=1S/C16H25NO/c1-11-8-15(9-12(2)16(11)18)10-17-13(3)6-5-7-14(17)4/h8-9,13-14,18H,5-7,10H2,1-4H3/t13-,14+. The third-order valence-corrected chi connectivity index (χ3v) is 4.29. The molecule has 0 spiro atoms. The summed E-state index contributed by atoms with van der Waals surface area (Å²) in [4.78, 5) is 2.59. The minimum atomic E-state index is 0.443. The lowest BCUT2D eigenvalue weighted by Crippen LogP contribution is -2.42. The molecule has 100 valence electrons. The Balaban J connectivity index is 2.18. The van der Waals surface area contributed by atoms with Gasteiger partial charge in [-0.15, -0.1) is 0 Å². The zero-order valence-corrected chi connectivity index (χ0v) is 12.0. The Labute approximate surface area is 111 Å². The Bertz CT molecular complexity index is 394.